The van der Waals surface area contributed by atoms with Crippen LogP contribution in [0.15, 0.2) is 12.1 Å². The van der Waals surface area contributed by atoms with Crippen molar-refractivity contribution in [1.29, 1.82) is 0 Å². The van der Waals surface area contributed by atoms with E-state index < -0.39 is 0 Å². The van der Waals surface area contributed by atoms with Gasteiger partial charge in [-0.3, -0.25) is 4.79 Å². The molecule has 0 spiro atoms. The molecule has 2 rings (SSSR count). The Bertz CT molecular complexity index is 472. The van der Waals surface area contributed by atoms with Gasteiger partial charge in [-0.15, -0.1) is 0 Å². The normalized spacial score (nSPS) is 16.6. The summed E-state index contributed by atoms with van der Waals surface area (Å²) in [7, 11) is 0. The highest BCUT2D eigenvalue weighted by Gasteiger charge is 2.34. The molecule has 0 bridgehead atoms. The Morgan fingerprint density at radius 1 is 1.47 bits per heavy atom. The van der Waals surface area contributed by atoms with Crippen LogP contribution >= 0.6 is 11.6 Å². The van der Waals surface area contributed by atoms with Gasteiger partial charge in [0.25, 0.3) is 5.91 Å². The number of carbonyl (C=O) groups is 1. The lowest BCUT2D eigenvalue weighted by Crippen LogP contribution is -2.51. The maximum Gasteiger partial charge on any atom is 0.271 e. The summed E-state index contributed by atoms with van der Waals surface area (Å²) in [6, 6.07) is 3.50. The van der Waals surface area contributed by atoms with Crippen LogP contribution in [0, 0.1) is 0 Å². The first-order chi connectivity index (χ1) is 9.04. The maximum absolute atomic E-state index is 12.2. The monoisotopic (exact) mass is 281 g/mol. The zero-order valence-corrected chi connectivity index (χ0v) is 12.2. The molecule has 1 saturated carbocycles. The van der Waals surface area contributed by atoms with E-state index in [0.717, 1.165) is 32.2 Å². The van der Waals surface area contributed by atoms with E-state index in [-0.39, 0.29) is 11.4 Å². The number of carbonyl (C=O) groups excluding carboxylic acids is 1. The van der Waals surface area contributed by atoms with Crippen LogP contribution in [0.5, 0.6) is 0 Å². The molecule has 0 atom stereocenters. The largest absolute Gasteiger partial charge is 0.370 e. The first-order valence-electron chi connectivity index (χ1n) is 6.77. The van der Waals surface area contributed by atoms with Crippen molar-refractivity contribution in [3.63, 3.8) is 0 Å². The van der Waals surface area contributed by atoms with E-state index in [9.17, 15) is 4.79 Å². The lowest BCUT2D eigenvalue weighted by molar-refractivity contribution is 0.0845. The van der Waals surface area contributed by atoms with Crippen LogP contribution < -0.4 is 10.6 Å². The van der Waals surface area contributed by atoms with E-state index in [4.69, 9.17) is 11.6 Å². The topological polar surface area (TPSA) is 54.0 Å². The predicted molar refractivity (Wildman–Crippen MR) is 77.7 cm³/mol. The van der Waals surface area contributed by atoms with Gasteiger partial charge in [0.1, 0.15) is 11.5 Å². The highest BCUT2D eigenvalue weighted by atomic mass is 35.5. The third-order valence-electron chi connectivity index (χ3n) is 3.49. The van der Waals surface area contributed by atoms with Gasteiger partial charge in [-0.25, -0.2) is 4.98 Å². The van der Waals surface area contributed by atoms with Gasteiger partial charge in [-0.05, 0) is 44.7 Å². The first-order valence-corrected chi connectivity index (χ1v) is 7.15. The summed E-state index contributed by atoms with van der Waals surface area (Å²) in [6.45, 7) is 4.96. The third-order valence-corrected chi connectivity index (χ3v) is 3.79. The number of hydrogen-bond acceptors (Lipinski definition) is 3. The van der Waals surface area contributed by atoms with Crippen LogP contribution in [0.4, 0.5) is 5.82 Å². The molecular weight excluding hydrogens is 262 g/mol. The van der Waals surface area contributed by atoms with Gasteiger partial charge in [0, 0.05) is 12.1 Å². The second-order valence-electron chi connectivity index (χ2n) is 5.32. The van der Waals surface area contributed by atoms with Crippen molar-refractivity contribution in [3.8, 4) is 0 Å². The molecule has 4 nitrogen and oxygen atoms in total. The van der Waals surface area contributed by atoms with Gasteiger partial charge in [-0.2, -0.15) is 0 Å². The summed E-state index contributed by atoms with van der Waals surface area (Å²) in [6.07, 6.45) is 4.20. The molecule has 2 N–H and O–H groups in total. The summed E-state index contributed by atoms with van der Waals surface area (Å²) in [5.74, 6) is 0.502. The average Bonchev–Trinajstić information content (AvgIpc) is 2.35. The molecule has 1 aromatic heterocycles. The molecule has 5 heteroatoms. The molecule has 0 radical (unpaired) electrons. The van der Waals surface area contributed by atoms with Gasteiger partial charge in [0.05, 0.1) is 5.02 Å². The molecule has 0 saturated heterocycles. The molecule has 0 aromatic carbocycles. The van der Waals surface area contributed by atoms with Crippen LogP contribution in [0.3, 0.4) is 0 Å². The van der Waals surface area contributed by atoms with Gasteiger partial charge in [0.2, 0.25) is 0 Å². The highest BCUT2D eigenvalue weighted by Crippen LogP contribution is 2.31. The van der Waals surface area contributed by atoms with Crippen LogP contribution in [0.2, 0.25) is 5.02 Å². The summed E-state index contributed by atoms with van der Waals surface area (Å²) < 4.78 is 0. The Kier molecular flexibility index (Phi) is 4.30. The number of nitrogens with zero attached hydrogens (tertiary/aromatic N) is 1. The van der Waals surface area contributed by atoms with Crippen LogP contribution in [-0.4, -0.2) is 23.0 Å². The molecule has 0 unspecified atom stereocenters. The number of halogens is 1. The van der Waals surface area contributed by atoms with Crippen LogP contribution in [0.25, 0.3) is 0 Å². The predicted octanol–water partition coefficient (Wildman–Crippen LogP) is 3.23. The van der Waals surface area contributed by atoms with E-state index in [1.807, 2.05) is 0 Å². The van der Waals surface area contributed by atoms with Gasteiger partial charge in [-0.1, -0.05) is 18.5 Å². The standard InChI is InChI=1S/C14H20ClN3O/c1-3-9-16-11-6-5-10(15)12(17-11)13(19)18-14(2)7-4-8-14/h5-6H,3-4,7-9H2,1-2H3,(H,16,17)(H,18,19). The molecule has 1 aliphatic rings. The minimum atomic E-state index is -0.188. The Labute approximate surface area is 118 Å². The van der Waals surface area contributed by atoms with Crippen molar-refractivity contribution in [3.05, 3.63) is 22.8 Å². The second kappa shape index (κ2) is 5.78. The number of nitrogens with one attached hydrogen (secondary N) is 2. The molecule has 1 aromatic rings. The van der Waals surface area contributed by atoms with Crippen molar-refractivity contribution in [1.82, 2.24) is 10.3 Å². The smallest absolute Gasteiger partial charge is 0.271 e. The lowest BCUT2D eigenvalue weighted by Gasteiger charge is -2.39. The average molecular weight is 282 g/mol. The molecule has 19 heavy (non-hydrogen) atoms. The second-order valence-corrected chi connectivity index (χ2v) is 5.73. The number of anilines is 1. The van der Waals surface area contributed by atoms with Crippen molar-refractivity contribution < 1.29 is 4.79 Å². The fraction of sp³-hybridized carbons (Fsp3) is 0.571. The third kappa shape index (κ3) is 3.38. The molecule has 104 valence electrons. The van der Waals surface area contributed by atoms with Crippen molar-refractivity contribution in [2.45, 2.75) is 45.1 Å². The van der Waals surface area contributed by atoms with E-state index in [1.54, 1.807) is 12.1 Å². The zero-order chi connectivity index (χ0) is 13.9. The molecule has 1 heterocycles. The molecule has 1 aliphatic carbocycles. The quantitative estimate of drug-likeness (QED) is 0.871. The Balaban J connectivity index is 2.10. The number of rotatable bonds is 5. The van der Waals surface area contributed by atoms with Gasteiger partial charge in [0.15, 0.2) is 0 Å². The minimum Gasteiger partial charge on any atom is -0.370 e. The maximum atomic E-state index is 12.2. The summed E-state index contributed by atoms with van der Waals surface area (Å²) >= 11 is 6.06. The molecule has 1 amide bonds. The lowest BCUT2D eigenvalue weighted by atomic mass is 9.78. The fourth-order valence-electron chi connectivity index (χ4n) is 2.12. The molecule has 0 aliphatic heterocycles. The summed E-state index contributed by atoms with van der Waals surface area (Å²) in [4.78, 5) is 16.5. The summed E-state index contributed by atoms with van der Waals surface area (Å²) in [5, 5.41) is 6.57. The van der Waals surface area contributed by atoms with Crippen LogP contribution in [0.1, 0.15) is 50.0 Å². The van der Waals surface area contributed by atoms with E-state index in [2.05, 4.69) is 29.5 Å². The molecule has 1 fully saturated rings. The van der Waals surface area contributed by atoms with Crippen molar-refractivity contribution >= 4 is 23.3 Å². The van der Waals surface area contributed by atoms with Gasteiger partial charge < -0.3 is 10.6 Å². The van der Waals surface area contributed by atoms with Crippen molar-refractivity contribution in [2.24, 2.45) is 0 Å². The molecular formula is C14H20ClN3O. The number of pyridine rings is 1. The Hall–Kier alpha value is -1.29. The Morgan fingerprint density at radius 2 is 2.21 bits per heavy atom. The Morgan fingerprint density at radius 3 is 2.79 bits per heavy atom. The van der Waals surface area contributed by atoms with Gasteiger partial charge >= 0.3 is 0 Å². The fourth-order valence-corrected chi connectivity index (χ4v) is 2.31. The summed E-state index contributed by atoms with van der Waals surface area (Å²) in [5.41, 5.74) is 0.213. The number of hydrogen-bond donors (Lipinski definition) is 2. The van der Waals surface area contributed by atoms with E-state index >= 15 is 0 Å². The highest BCUT2D eigenvalue weighted by molar-refractivity contribution is 6.33. The number of aromatic nitrogens is 1. The van der Waals surface area contributed by atoms with Crippen LogP contribution in [-0.2, 0) is 0 Å². The van der Waals surface area contributed by atoms with E-state index in [0.29, 0.717) is 16.5 Å². The zero-order valence-electron chi connectivity index (χ0n) is 11.4. The minimum absolute atomic E-state index is 0.0883. The SMILES string of the molecule is CCCNc1ccc(Cl)c(C(=O)NC2(C)CCC2)n1. The number of amides is 1. The first kappa shape index (κ1) is 14.1. The van der Waals surface area contributed by atoms with Crippen molar-refractivity contribution in [2.75, 3.05) is 11.9 Å². The van der Waals surface area contributed by atoms with E-state index in [1.165, 1.54) is 0 Å².